The average molecular weight is 288 g/mol. The van der Waals surface area contributed by atoms with E-state index in [0.29, 0.717) is 6.61 Å². The summed E-state index contributed by atoms with van der Waals surface area (Å²) in [6.07, 6.45) is 5.41. The second-order valence-corrected chi connectivity index (χ2v) is 6.58. The van der Waals surface area contributed by atoms with E-state index in [1.165, 1.54) is 36.8 Å². The molecule has 2 heterocycles. The van der Waals surface area contributed by atoms with Crippen molar-refractivity contribution in [1.29, 1.82) is 0 Å². The lowest BCUT2D eigenvalue weighted by Crippen LogP contribution is -2.47. The molecule has 1 aromatic rings. The normalized spacial score (nSPS) is 28.2. The molecular weight excluding hydrogens is 260 g/mol. The first-order valence-electron chi connectivity index (χ1n) is 8.35. The van der Waals surface area contributed by atoms with Crippen molar-refractivity contribution in [1.82, 2.24) is 10.2 Å². The molecule has 1 aromatic carbocycles. The van der Waals surface area contributed by atoms with E-state index >= 15 is 0 Å². The standard InChI is InChI=1S/C18H28N2O/c1-3-20(18-10-16-8-9-17(11-18)19-16)12-14-4-6-15(7-5-14)13-21-2/h4-7,16-19H,3,8-13H2,1-2H3. The third-order valence-corrected chi connectivity index (χ3v) is 5.09. The van der Waals surface area contributed by atoms with Crippen molar-refractivity contribution in [3.8, 4) is 0 Å². The van der Waals surface area contributed by atoms with Gasteiger partial charge in [0.25, 0.3) is 0 Å². The van der Waals surface area contributed by atoms with E-state index in [4.69, 9.17) is 4.74 Å². The summed E-state index contributed by atoms with van der Waals surface area (Å²) in [4.78, 5) is 2.66. The number of nitrogens with zero attached hydrogens (tertiary/aromatic N) is 1. The third-order valence-electron chi connectivity index (χ3n) is 5.09. The van der Waals surface area contributed by atoms with Crippen molar-refractivity contribution in [2.45, 2.75) is 63.9 Å². The Labute approximate surface area is 128 Å². The molecule has 2 fully saturated rings. The van der Waals surface area contributed by atoms with Crippen molar-refractivity contribution in [3.63, 3.8) is 0 Å². The molecule has 2 unspecified atom stereocenters. The van der Waals surface area contributed by atoms with E-state index in [1.54, 1.807) is 7.11 Å². The van der Waals surface area contributed by atoms with Gasteiger partial charge in [0.1, 0.15) is 0 Å². The van der Waals surface area contributed by atoms with Gasteiger partial charge in [0.05, 0.1) is 6.61 Å². The van der Waals surface area contributed by atoms with Crippen LogP contribution >= 0.6 is 0 Å². The Balaban J connectivity index is 1.61. The van der Waals surface area contributed by atoms with Gasteiger partial charge in [-0.25, -0.2) is 0 Å². The van der Waals surface area contributed by atoms with Crippen molar-refractivity contribution >= 4 is 0 Å². The lowest BCUT2D eigenvalue weighted by molar-refractivity contribution is 0.140. The summed E-state index contributed by atoms with van der Waals surface area (Å²) in [6.45, 7) is 5.22. The molecule has 3 nitrogen and oxygen atoms in total. The zero-order valence-corrected chi connectivity index (χ0v) is 13.3. The highest BCUT2D eigenvalue weighted by molar-refractivity contribution is 5.22. The number of ether oxygens (including phenoxy) is 1. The van der Waals surface area contributed by atoms with Crippen molar-refractivity contribution in [2.75, 3.05) is 13.7 Å². The molecule has 0 saturated carbocycles. The summed E-state index contributed by atoms with van der Waals surface area (Å²) in [5.74, 6) is 0. The van der Waals surface area contributed by atoms with E-state index in [1.807, 2.05) is 0 Å². The maximum absolute atomic E-state index is 5.18. The molecule has 0 spiro atoms. The number of benzene rings is 1. The third kappa shape index (κ3) is 3.65. The van der Waals surface area contributed by atoms with Crippen LogP contribution in [-0.2, 0) is 17.9 Å². The van der Waals surface area contributed by atoms with Crippen LogP contribution in [0.15, 0.2) is 24.3 Å². The van der Waals surface area contributed by atoms with Crippen LogP contribution < -0.4 is 5.32 Å². The van der Waals surface area contributed by atoms with E-state index in [0.717, 1.165) is 31.2 Å². The highest BCUT2D eigenvalue weighted by Crippen LogP contribution is 2.30. The van der Waals surface area contributed by atoms with Gasteiger partial charge in [0.2, 0.25) is 0 Å². The maximum atomic E-state index is 5.18. The Bertz CT molecular complexity index is 433. The summed E-state index contributed by atoms with van der Waals surface area (Å²) >= 11 is 0. The zero-order chi connectivity index (χ0) is 14.7. The van der Waals surface area contributed by atoms with E-state index in [2.05, 4.69) is 41.4 Å². The molecule has 21 heavy (non-hydrogen) atoms. The number of rotatable bonds is 6. The number of methoxy groups -OCH3 is 1. The Morgan fingerprint density at radius 3 is 2.29 bits per heavy atom. The molecule has 2 aliphatic heterocycles. The predicted molar refractivity (Wildman–Crippen MR) is 86.2 cm³/mol. The minimum atomic E-state index is 0.704. The van der Waals surface area contributed by atoms with Gasteiger partial charge >= 0.3 is 0 Å². The predicted octanol–water partition coefficient (Wildman–Crippen LogP) is 2.94. The summed E-state index contributed by atoms with van der Waals surface area (Å²) in [6, 6.07) is 11.2. The number of hydrogen-bond acceptors (Lipinski definition) is 3. The fourth-order valence-corrected chi connectivity index (χ4v) is 3.97. The second kappa shape index (κ2) is 6.91. The molecule has 116 valence electrons. The van der Waals surface area contributed by atoms with Crippen LogP contribution in [-0.4, -0.2) is 36.7 Å². The fourth-order valence-electron chi connectivity index (χ4n) is 3.97. The lowest BCUT2D eigenvalue weighted by Gasteiger charge is -2.37. The first-order valence-corrected chi connectivity index (χ1v) is 8.35. The quantitative estimate of drug-likeness (QED) is 0.871. The number of hydrogen-bond donors (Lipinski definition) is 1. The van der Waals surface area contributed by atoms with Gasteiger partial charge in [-0.3, -0.25) is 4.90 Å². The molecule has 0 aliphatic carbocycles. The Morgan fingerprint density at radius 1 is 1.10 bits per heavy atom. The first-order chi connectivity index (χ1) is 10.3. The van der Waals surface area contributed by atoms with Crippen LogP contribution in [0, 0.1) is 0 Å². The van der Waals surface area contributed by atoms with Crippen LogP contribution in [0.25, 0.3) is 0 Å². The largest absolute Gasteiger partial charge is 0.380 e. The number of fused-ring (bicyclic) bond motifs is 2. The van der Waals surface area contributed by atoms with E-state index in [-0.39, 0.29) is 0 Å². The van der Waals surface area contributed by atoms with Crippen LogP contribution in [0.3, 0.4) is 0 Å². The zero-order valence-electron chi connectivity index (χ0n) is 13.3. The molecule has 0 aromatic heterocycles. The van der Waals surface area contributed by atoms with E-state index < -0.39 is 0 Å². The van der Waals surface area contributed by atoms with Gasteiger partial charge in [-0.05, 0) is 43.4 Å². The summed E-state index contributed by atoms with van der Waals surface area (Å²) < 4.78 is 5.18. The highest BCUT2D eigenvalue weighted by Gasteiger charge is 2.35. The van der Waals surface area contributed by atoms with Crippen molar-refractivity contribution in [3.05, 3.63) is 35.4 Å². The van der Waals surface area contributed by atoms with Gasteiger partial charge < -0.3 is 10.1 Å². The van der Waals surface area contributed by atoms with Crippen LogP contribution in [0.1, 0.15) is 43.7 Å². The smallest absolute Gasteiger partial charge is 0.0713 e. The minimum absolute atomic E-state index is 0.704. The maximum Gasteiger partial charge on any atom is 0.0713 e. The van der Waals surface area contributed by atoms with Gasteiger partial charge in [-0.2, -0.15) is 0 Å². The summed E-state index contributed by atoms with van der Waals surface area (Å²) in [5, 5.41) is 3.74. The fraction of sp³-hybridized carbons (Fsp3) is 0.667. The number of piperidine rings is 1. The molecule has 3 heteroatoms. The molecule has 1 N–H and O–H groups in total. The molecule has 0 radical (unpaired) electrons. The topological polar surface area (TPSA) is 24.5 Å². The van der Waals surface area contributed by atoms with Gasteiger partial charge in [0.15, 0.2) is 0 Å². The molecule has 2 aliphatic rings. The average Bonchev–Trinajstić information content (AvgIpc) is 2.85. The van der Waals surface area contributed by atoms with Crippen LogP contribution in [0.5, 0.6) is 0 Å². The van der Waals surface area contributed by atoms with Crippen LogP contribution in [0.2, 0.25) is 0 Å². The van der Waals surface area contributed by atoms with Crippen LogP contribution in [0.4, 0.5) is 0 Å². The molecule has 0 amide bonds. The molecular formula is C18H28N2O. The number of nitrogens with one attached hydrogen (secondary N) is 1. The molecule has 2 saturated heterocycles. The van der Waals surface area contributed by atoms with Gasteiger partial charge in [-0.1, -0.05) is 31.2 Å². The monoisotopic (exact) mass is 288 g/mol. The van der Waals surface area contributed by atoms with E-state index in [9.17, 15) is 0 Å². The molecule has 2 atom stereocenters. The van der Waals surface area contributed by atoms with Crippen molar-refractivity contribution in [2.24, 2.45) is 0 Å². The van der Waals surface area contributed by atoms with Crippen molar-refractivity contribution < 1.29 is 4.74 Å². The SMILES string of the molecule is CCN(Cc1ccc(COC)cc1)C1CC2CCC(C1)N2. The lowest BCUT2D eigenvalue weighted by atomic mass is 9.97. The molecule has 2 bridgehead atoms. The first kappa shape index (κ1) is 15.0. The van der Waals surface area contributed by atoms with Gasteiger partial charge in [0, 0.05) is 31.8 Å². The highest BCUT2D eigenvalue weighted by atomic mass is 16.5. The Morgan fingerprint density at radius 2 is 1.71 bits per heavy atom. The second-order valence-electron chi connectivity index (χ2n) is 6.58. The summed E-state index contributed by atoms with van der Waals surface area (Å²) in [5.41, 5.74) is 2.67. The molecule has 3 rings (SSSR count). The summed E-state index contributed by atoms with van der Waals surface area (Å²) in [7, 11) is 1.75. The Kier molecular flexibility index (Phi) is 4.94. The van der Waals surface area contributed by atoms with Gasteiger partial charge in [-0.15, -0.1) is 0 Å². The minimum Gasteiger partial charge on any atom is -0.380 e. The Hall–Kier alpha value is -0.900.